The van der Waals surface area contributed by atoms with Crippen LogP contribution in [0.5, 0.6) is 0 Å². The third kappa shape index (κ3) is 9.74. The summed E-state index contributed by atoms with van der Waals surface area (Å²) < 4.78 is 15.0. The molecule has 2 aromatic heterocycles. The van der Waals surface area contributed by atoms with Gasteiger partial charge in [0, 0.05) is 54.8 Å². The lowest BCUT2D eigenvalue weighted by atomic mass is 9.77. The summed E-state index contributed by atoms with van der Waals surface area (Å²) in [5.74, 6) is 2.05. The Hall–Kier alpha value is -9.12. The van der Waals surface area contributed by atoms with Gasteiger partial charge in [0.25, 0.3) is 0 Å². The fourth-order valence-corrected chi connectivity index (χ4v) is 18.5. The maximum Gasteiger partial charge on any atom is 0.159 e. The second-order valence-electron chi connectivity index (χ2n) is 28.7. The van der Waals surface area contributed by atoms with Crippen molar-refractivity contribution in [3.63, 3.8) is 0 Å². The van der Waals surface area contributed by atoms with Crippen LogP contribution < -0.4 is 9.80 Å². The van der Waals surface area contributed by atoms with Gasteiger partial charge in [-0.3, -0.25) is 0 Å². The first-order valence-electron chi connectivity index (χ1n) is 36.1. The van der Waals surface area contributed by atoms with Crippen molar-refractivity contribution in [2.75, 3.05) is 9.80 Å². The summed E-state index contributed by atoms with van der Waals surface area (Å²) in [5.41, 5.74) is 23.6. The van der Waals surface area contributed by atoms with Crippen LogP contribution in [-0.4, -0.2) is 0 Å². The summed E-state index contributed by atoms with van der Waals surface area (Å²) in [5, 5.41) is 12.7. The molecule has 12 aromatic carbocycles. The average molecular weight is 1230 g/mol. The van der Waals surface area contributed by atoms with Crippen molar-refractivity contribution in [2.24, 2.45) is 0 Å². The Morgan fingerprint density at radius 2 is 0.596 bits per heavy atom. The van der Waals surface area contributed by atoms with E-state index < -0.39 is 0 Å². The lowest BCUT2D eigenvalue weighted by Gasteiger charge is -2.33. The minimum Gasteiger partial charge on any atom is -0.453 e. The van der Waals surface area contributed by atoms with Crippen LogP contribution in [-0.2, 0) is 0 Å². The van der Waals surface area contributed by atoms with Gasteiger partial charge in [0.05, 0.1) is 22.7 Å². The second-order valence-corrected chi connectivity index (χ2v) is 28.7. The topological polar surface area (TPSA) is 32.8 Å². The molecule has 0 bridgehead atoms. The van der Waals surface area contributed by atoms with Gasteiger partial charge in [-0.1, -0.05) is 235 Å². The first kappa shape index (κ1) is 57.5. The summed E-state index contributed by atoms with van der Waals surface area (Å²) in [6.07, 6.45) is 25.3. The first-order chi connectivity index (χ1) is 46.5. The number of fused-ring (bicyclic) bond motifs is 6. The van der Waals surface area contributed by atoms with E-state index in [9.17, 15) is 0 Å². The zero-order valence-electron chi connectivity index (χ0n) is 54.8. The number of benzene rings is 12. The normalized spacial score (nSPS) is 16.7. The third-order valence-corrected chi connectivity index (χ3v) is 23.3. The van der Waals surface area contributed by atoms with E-state index in [-0.39, 0.29) is 0 Å². The number of nitrogens with zero attached hydrogens (tertiary/aromatic N) is 2. The fourth-order valence-electron chi connectivity index (χ4n) is 18.5. The number of hydrogen-bond donors (Lipinski definition) is 0. The molecular formula is C90H84N2O2. The minimum atomic E-state index is 0.429. The van der Waals surface area contributed by atoms with Crippen LogP contribution in [0.2, 0.25) is 0 Å². The molecule has 4 fully saturated rings. The smallest absolute Gasteiger partial charge is 0.159 e. The molecular weight excluding hydrogens is 1140 g/mol. The van der Waals surface area contributed by atoms with Crippen molar-refractivity contribution in [1.29, 1.82) is 0 Å². The number of aryl methyl sites for hydroxylation is 2. The number of rotatable bonds is 12. The molecule has 18 rings (SSSR count). The van der Waals surface area contributed by atoms with Gasteiger partial charge in [-0.25, -0.2) is 0 Å². The Kier molecular flexibility index (Phi) is 14.7. The van der Waals surface area contributed by atoms with E-state index in [1.54, 1.807) is 0 Å². The Labute approximate surface area is 553 Å². The highest BCUT2D eigenvalue weighted by molar-refractivity contribution is 6.30. The van der Waals surface area contributed by atoms with Gasteiger partial charge in [-0.15, -0.1) is 0 Å². The van der Waals surface area contributed by atoms with Crippen LogP contribution in [0.1, 0.15) is 185 Å². The molecule has 4 aliphatic rings. The Balaban J connectivity index is 0.925. The van der Waals surface area contributed by atoms with Gasteiger partial charge in [0.15, 0.2) is 11.2 Å². The summed E-state index contributed by atoms with van der Waals surface area (Å²) in [6, 6.07) is 79.9. The van der Waals surface area contributed by atoms with Gasteiger partial charge in [-0.2, -0.15) is 0 Å². The van der Waals surface area contributed by atoms with Gasteiger partial charge in [0.1, 0.15) is 11.2 Å². The molecule has 0 atom stereocenters. The highest BCUT2D eigenvalue weighted by Crippen LogP contribution is 2.56. The molecule has 0 unspecified atom stereocenters. The number of furan rings is 2. The highest BCUT2D eigenvalue weighted by Gasteiger charge is 2.32. The molecule has 0 spiro atoms. The van der Waals surface area contributed by atoms with E-state index in [0.29, 0.717) is 23.7 Å². The molecule has 2 heterocycles. The minimum absolute atomic E-state index is 0.429. The van der Waals surface area contributed by atoms with Crippen molar-refractivity contribution in [3.05, 3.63) is 240 Å². The average Bonchev–Trinajstić information content (AvgIpc) is 0.718. The van der Waals surface area contributed by atoms with Gasteiger partial charge in [-0.05, 0) is 203 Å². The molecule has 0 saturated heterocycles. The number of para-hydroxylation sites is 4. The summed E-state index contributed by atoms with van der Waals surface area (Å²) in [6.45, 7) is 4.44. The quantitative estimate of drug-likeness (QED) is 0.114. The molecule has 0 radical (unpaired) electrons. The monoisotopic (exact) mass is 1220 g/mol. The maximum atomic E-state index is 7.52. The highest BCUT2D eigenvalue weighted by atomic mass is 16.3. The van der Waals surface area contributed by atoms with Crippen molar-refractivity contribution < 1.29 is 8.83 Å². The predicted molar refractivity (Wildman–Crippen MR) is 398 cm³/mol. The Morgan fingerprint density at radius 3 is 0.979 bits per heavy atom. The van der Waals surface area contributed by atoms with E-state index in [0.717, 1.165) is 77.8 Å². The first-order valence-corrected chi connectivity index (χ1v) is 36.1. The molecule has 4 aliphatic carbocycles. The van der Waals surface area contributed by atoms with E-state index in [2.05, 4.69) is 230 Å². The van der Waals surface area contributed by atoms with Gasteiger partial charge < -0.3 is 18.6 Å². The van der Waals surface area contributed by atoms with Crippen LogP contribution in [0.4, 0.5) is 34.1 Å². The van der Waals surface area contributed by atoms with E-state index >= 15 is 0 Å². The van der Waals surface area contributed by atoms with E-state index in [1.165, 1.54) is 217 Å². The molecule has 4 saturated carbocycles. The molecule has 94 heavy (non-hydrogen) atoms. The van der Waals surface area contributed by atoms with Crippen LogP contribution in [0.3, 0.4) is 0 Å². The van der Waals surface area contributed by atoms with Gasteiger partial charge in [0.2, 0.25) is 0 Å². The standard InChI is InChI=1S/C90H84N2O2/c1-57-23-15-17-33-67(57)71-35-19-37-73-75-39-21-41-81(89(75)93-87(71)73)91(65-47-43-61(44-48-65)59-25-7-3-8-26-59)83-55-79(63-29-11-5-12-30-63)69-52-54-78-84(56-80(64-31-13-6-14-32-64)70-51-53-77(83)85(69)86(70)78)92(66-49-45-62(46-50-66)60-27-9-4-10-28-60)82-42-22-40-76-74-38-20-36-72(88(74)94-90(76)82)68-34-18-16-24-58(68)2/h15-24,33-56,59-60,63-64H,3-14,25-32H2,1-2H3. The molecule has 4 heteroatoms. The van der Waals surface area contributed by atoms with Gasteiger partial charge >= 0.3 is 0 Å². The van der Waals surface area contributed by atoms with Crippen LogP contribution in [0, 0.1) is 13.8 Å². The van der Waals surface area contributed by atoms with Crippen LogP contribution >= 0.6 is 0 Å². The molecule has 0 N–H and O–H groups in total. The Morgan fingerprint density at radius 1 is 0.266 bits per heavy atom. The van der Waals surface area contributed by atoms with E-state index in [1.807, 2.05) is 0 Å². The largest absolute Gasteiger partial charge is 0.453 e. The van der Waals surface area contributed by atoms with Crippen molar-refractivity contribution in [3.8, 4) is 22.3 Å². The fraction of sp³-hybridized carbons (Fsp3) is 0.289. The zero-order valence-corrected chi connectivity index (χ0v) is 54.8. The number of anilines is 6. The summed E-state index contributed by atoms with van der Waals surface area (Å²) >= 11 is 0. The summed E-state index contributed by atoms with van der Waals surface area (Å²) in [7, 11) is 0. The second kappa shape index (κ2) is 24.0. The molecule has 14 aromatic rings. The lowest BCUT2D eigenvalue weighted by molar-refractivity contribution is 0.443. The van der Waals surface area contributed by atoms with Crippen molar-refractivity contribution >= 4 is 110 Å². The number of hydrogen-bond acceptors (Lipinski definition) is 4. The molecule has 0 amide bonds. The van der Waals surface area contributed by atoms with Crippen LogP contribution in [0.15, 0.2) is 215 Å². The summed E-state index contributed by atoms with van der Waals surface area (Å²) in [4.78, 5) is 5.25. The predicted octanol–water partition coefficient (Wildman–Crippen LogP) is 27.5. The third-order valence-electron chi connectivity index (χ3n) is 23.3. The van der Waals surface area contributed by atoms with Crippen molar-refractivity contribution in [1.82, 2.24) is 0 Å². The zero-order chi connectivity index (χ0) is 62.4. The van der Waals surface area contributed by atoms with Crippen molar-refractivity contribution in [2.45, 2.75) is 166 Å². The maximum absolute atomic E-state index is 7.52. The van der Waals surface area contributed by atoms with Crippen LogP contribution in [0.25, 0.3) is 98.4 Å². The molecule has 466 valence electrons. The lowest BCUT2D eigenvalue weighted by Crippen LogP contribution is -2.15. The van der Waals surface area contributed by atoms with E-state index in [4.69, 9.17) is 8.83 Å². The SMILES string of the molecule is Cc1ccccc1-c1cccc2c1oc1c(N(c3ccc(C4CCCCC4)cc3)c3cc(C4CCCCC4)c4ccc5c(N(c6ccc(C7CCCCC7)cc6)c6cccc7c6oc6c(-c8ccccc8C)cccc67)cc(C6CCCCC6)c6ccc3c4c65)cccc12. The molecule has 4 nitrogen and oxygen atoms in total. The Bertz CT molecular complexity index is 4830. The molecule has 0 aliphatic heterocycles.